The minimum absolute atomic E-state index is 0.00921. The van der Waals surface area contributed by atoms with Crippen molar-refractivity contribution in [2.75, 3.05) is 26.2 Å². The Morgan fingerprint density at radius 3 is 2.26 bits per heavy atom. The Morgan fingerprint density at radius 2 is 1.70 bits per heavy atom. The predicted molar refractivity (Wildman–Crippen MR) is 84.8 cm³/mol. The van der Waals surface area contributed by atoms with Gasteiger partial charge in [0.15, 0.2) is 0 Å². The first-order valence-electron chi connectivity index (χ1n) is 7.69. The van der Waals surface area contributed by atoms with E-state index in [9.17, 15) is 19.7 Å². The van der Waals surface area contributed by atoms with Crippen molar-refractivity contribution in [3.63, 3.8) is 0 Å². The van der Waals surface area contributed by atoms with E-state index in [2.05, 4.69) is 0 Å². The quantitative estimate of drug-likeness (QED) is 0.621. The lowest BCUT2D eigenvalue weighted by Gasteiger charge is -2.35. The molecule has 0 N–H and O–H groups in total. The number of hydrogen-bond acceptors (Lipinski definition) is 4. The largest absolute Gasteiger partial charge is 0.339 e. The van der Waals surface area contributed by atoms with Gasteiger partial charge in [0.25, 0.3) is 5.69 Å². The Bertz CT molecular complexity index is 607. The number of hydrogen-bond donors (Lipinski definition) is 0. The highest BCUT2D eigenvalue weighted by molar-refractivity contribution is 5.81. The second-order valence-electron chi connectivity index (χ2n) is 5.92. The Kier molecular flexibility index (Phi) is 5.31. The van der Waals surface area contributed by atoms with Gasteiger partial charge in [-0.25, -0.2) is 0 Å². The van der Waals surface area contributed by atoms with E-state index in [4.69, 9.17) is 0 Å². The summed E-state index contributed by atoms with van der Waals surface area (Å²) in [4.78, 5) is 38.2. The second kappa shape index (κ2) is 7.21. The molecule has 1 aliphatic heterocycles. The van der Waals surface area contributed by atoms with E-state index in [1.54, 1.807) is 28.0 Å². The van der Waals surface area contributed by atoms with Gasteiger partial charge in [0.2, 0.25) is 11.8 Å². The topological polar surface area (TPSA) is 83.8 Å². The average molecular weight is 319 g/mol. The molecule has 23 heavy (non-hydrogen) atoms. The van der Waals surface area contributed by atoms with Gasteiger partial charge in [-0.2, -0.15) is 0 Å². The van der Waals surface area contributed by atoms with Crippen LogP contribution in [0, 0.1) is 16.0 Å². The fourth-order valence-electron chi connectivity index (χ4n) is 2.65. The summed E-state index contributed by atoms with van der Waals surface area (Å²) in [6, 6.07) is 6.29. The number of carbonyl (C=O) groups is 2. The second-order valence-corrected chi connectivity index (χ2v) is 5.92. The van der Waals surface area contributed by atoms with E-state index in [-0.39, 0.29) is 29.8 Å². The molecule has 0 spiro atoms. The van der Waals surface area contributed by atoms with Gasteiger partial charge in [0.05, 0.1) is 11.3 Å². The van der Waals surface area contributed by atoms with Gasteiger partial charge in [0, 0.05) is 43.7 Å². The van der Waals surface area contributed by atoms with Crippen LogP contribution < -0.4 is 0 Å². The highest BCUT2D eigenvalue weighted by atomic mass is 16.6. The van der Waals surface area contributed by atoms with Crippen LogP contribution in [0.4, 0.5) is 5.69 Å². The zero-order valence-corrected chi connectivity index (χ0v) is 13.4. The molecule has 124 valence electrons. The molecule has 0 saturated carbocycles. The van der Waals surface area contributed by atoms with Crippen molar-refractivity contribution in [1.82, 2.24) is 9.80 Å². The summed E-state index contributed by atoms with van der Waals surface area (Å²) in [5.41, 5.74) is 0.387. The molecule has 7 nitrogen and oxygen atoms in total. The number of nitro groups is 1. The van der Waals surface area contributed by atoms with Gasteiger partial charge in [-0.3, -0.25) is 19.7 Å². The summed E-state index contributed by atoms with van der Waals surface area (Å²) >= 11 is 0. The highest BCUT2D eigenvalue weighted by Crippen LogP contribution is 2.19. The van der Waals surface area contributed by atoms with Crippen molar-refractivity contribution in [1.29, 1.82) is 0 Å². The fourth-order valence-corrected chi connectivity index (χ4v) is 2.65. The lowest BCUT2D eigenvalue weighted by Crippen LogP contribution is -2.51. The highest BCUT2D eigenvalue weighted by Gasteiger charge is 2.26. The first kappa shape index (κ1) is 16.9. The monoisotopic (exact) mass is 319 g/mol. The summed E-state index contributed by atoms with van der Waals surface area (Å²) < 4.78 is 0. The van der Waals surface area contributed by atoms with Crippen molar-refractivity contribution in [2.24, 2.45) is 5.92 Å². The molecule has 1 aromatic carbocycles. The molecular weight excluding hydrogens is 298 g/mol. The third kappa shape index (κ3) is 4.06. The van der Waals surface area contributed by atoms with Crippen LogP contribution in [0.2, 0.25) is 0 Å². The molecule has 7 heteroatoms. The third-order valence-electron chi connectivity index (χ3n) is 3.97. The van der Waals surface area contributed by atoms with E-state index >= 15 is 0 Å². The van der Waals surface area contributed by atoms with E-state index in [1.165, 1.54) is 6.07 Å². The summed E-state index contributed by atoms with van der Waals surface area (Å²) in [5.74, 6) is -0.101. The minimum atomic E-state index is -0.470. The number of piperazine rings is 1. The van der Waals surface area contributed by atoms with Crippen molar-refractivity contribution in [2.45, 2.75) is 20.3 Å². The van der Waals surface area contributed by atoms with Crippen LogP contribution in [0.3, 0.4) is 0 Å². The Labute approximate surface area is 135 Å². The first-order chi connectivity index (χ1) is 10.9. The molecule has 0 radical (unpaired) electrons. The van der Waals surface area contributed by atoms with Gasteiger partial charge in [-0.15, -0.1) is 0 Å². The van der Waals surface area contributed by atoms with Crippen molar-refractivity contribution in [3.05, 3.63) is 39.9 Å². The van der Waals surface area contributed by atoms with Crippen LogP contribution in [0.5, 0.6) is 0 Å². The molecule has 1 aromatic rings. The first-order valence-corrected chi connectivity index (χ1v) is 7.69. The number of nitrogens with zero attached hydrogens (tertiary/aromatic N) is 3. The van der Waals surface area contributed by atoms with E-state index in [0.717, 1.165) is 0 Å². The van der Waals surface area contributed by atoms with Crippen molar-refractivity contribution in [3.8, 4) is 0 Å². The smallest absolute Gasteiger partial charge is 0.273 e. The van der Waals surface area contributed by atoms with E-state index in [1.807, 2.05) is 13.8 Å². The number of amides is 2. The Balaban J connectivity index is 1.96. The number of carbonyl (C=O) groups excluding carboxylic acids is 2. The molecular formula is C16H21N3O4. The van der Waals surface area contributed by atoms with Crippen LogP contribution in [0.25, 0.3) is 0 Å². The lowest BCUT2D eigenvalue weighted by atomic mass is 10.1. The molecule has 1 aliphatic rings. The van der Waals surface area contributed by atoms with Gasteiger partial charge >= 0.3 is 0 Å². The predicted octanol–water partition coefficient (Wildman–Crippen LogP) is 1.46. The average Bonchev–Trinajstić information content (AvgIpc) is 2.54. The number of nitro benzene ring substituents is 1. The molecule has 0 atom stereocenters. The minimum Gasteiger partial charge on any atom is -0.339 e. The maximum absolute atomic E-state index is 12.4. The van der Waals surface area contributed by atoms with Crippen molar-refractivity contribution >= 4 is 17.5 Å². The number of benzene rings is 1. The number of para-hydroxylation sites is 1. The third-order valence-corrected chi connectivity index (χ3v) is 3.97. The SMILES string of the molecule is CC(C)C(=O)N1CCN(C(=O)Cc2ccccc2[N+](=O)[O-])CC1. The summed E-state index contributed by atoms with van der Waals surface area (Å²) in [5, 5.41) is 11.0. The zero-order valence-electron chi connectivity index (χ0n) is 13.4. The molecule has 0 unspecified atom stereocenters. The molecule has 1 saturated heterocycles. The molecule has 2 amide bonds. The molecule has 0 aliphatic carbocycles. The maximum atomic E-state index is 12.4. The Hall–Kier alpha value is -2.44. The van der Waals surface area contributed by atoms with Crippen LogP contribution >= 0.6 is 0 Å². The van der Waals surface area contributed by atoms with E-state index in [0.29, 0.717) is 31.7 Å². The zero-order chi connectivity index (χ0) is 17.0. The van der Waals surface area contributed by atoms with Crippen LogP contribution in [-0.2, 0) is 16.0 Å². The molecule has 2 rings (SSSR count). The standard InChI is InChI=1S/C16H21N3O4/c1-12(2)16(21)18-9-7-17(8-10-18)15(20)11-13-5-3-4-6-14(13)19(22)23/h3-6,12H,7-11H2,1-2H3. The molecule has 1 fully saturated rings. The van der Waals surface area contributed by atoms with E-state index < -0.39 is 4.92 Å². The molecule has 1 heterocycles. The lowest BCUT2D eigenvalue weighted by molar-refractivity contribution is -0.385. The van der Waals surface area contributed by atoms with Gasteiger partial charge in [-0.1, -0.05) is 32.0 Å². The van der Waals surface area contributed by atoms with Crippen LogP contribution in [0.15, 0.2) is 24.3 Å². The summed E-state index contributed by atoms with van der Waals surface area (Å²) in [6.45, 7) is 5.68. The fraction of sp³-hybridized carbons (Fsp3) is 0.500. The van der Waals surface area contributed by atoms with Crippen LogP contribution in [0.1, 0.15) is 19.4 Å². The summed E-state index contributed by atoms with van der Waals surface area (Å²) in [7, 11) is 0. The number of rotatable bonds is 4. The van der Waals surface area contributed by atoms with Gasteiger partial charge in [-0.05, 0) is 0 Å². The summed E-state index contributed by atoms with van der Waals surface area (Å²) in [6.07, 6.45) is 0.00921. The normalized spacial score (nSPS) is 14.9. The van der Waals surface area contributed by atoms with Crippen molar-refractivity contribution < 1.29 is 14.5 Å². The van der Waals surface area contributed by atoms with Gasteiger partial charge in [0.1, 0.15) is 0 Å². The van der Waals surface area contributed by atoms with Crippen LogP contribution in [-0.4, -0.2) is 52.7 Å². The van der Waals surface area contributed by atoms with Gasteiger partial charge < -0.3 is 9.80 Å². The molecule has 0 bridgehead atoms. The Morgan fingerprint density at radius 1 is 1.13 bits per heavy atom. The maximum Gasteiger partial charge on any atom is 0.273 e. The molecule has 0 aromatic heterocycles.